The monoisotopic (exact) mass is 408 g/mol. The van der Waals surface area contributed by atoms with Crippen LogP contribution in [-0.4, -0.2) is 78.6 Å². The number of aryl methyl sites for hydroxylation is 1. The predicted octanol–water partition coefficient (Wildman–Crippen LogP) is 0.158. The summed E-state index contributed by atoms with van der Waals surface area (Å²) in [5.41, 5.74) is -0.0592. The molecule has 0 aliphatic carbocycles. The summed E-state index contributed by atoms with van der Waals surface area (Å²) in [7, 11) is -3.62. The summed E-state index contributed by atoms with van der Waals surface area (Å²) in [5.74, 6) is -0.833. The lowest BCUT2D eigenvalue weighted by Crippen LogP contribution is -2.53. The standard InChI is InChI=1S/C18H24N4O5S/c1-13-4-6-14(7-5-13)28(26,27)21-10-8-20(9-11-21)15(23)12-22-16(24)18(2,3)19-17(22)25/h4-7H,8-12H2,1-3H3,(H,19,25). The Morgan fingerprint density at radius 1 is 1.07 bits per heavy atom. The zero-order valence-electron chi connectivity index (χ0n) is 16.1. The van der Waals surface area contributed by atoms with Gasteiger partial charge in [0.05, 0.1) is 4.90 Å². The molecule has 0 aromatic heterocycles. The molecule has 0 atom stereocenters. The first-order valence-electron chi connectivity index (χ1n) is 9.01. The molecule has 2 aliphatic rings. The highest BCUT2D eigenvalue weighted by Crippen LogP contribution is 2.19. The van der Waals surface area contributed by atoms with Crippen LogP contribution in [0.2, 0.25) is 0 Å². The number of benzene rings is 1. The van der Waals surface area contributed by atoms with Crippen molar-refractivity contribution in [1.29, 1.82) is 0 Å². The van der Waals surface area contributed by atoms with Crippen molar-refractivity contribution in [1.82, 2.24) is 19.4 Å². The van der Waals surface area contributed by atoms with E-state index < -0.39 is 27.5 Å². The fourth-order valence-electron chi connectivity index (χ4n) is 3.23. The fraction of sp³-hybridized carbons (Fsp3) is 0.500. The van der Waals surface area contributed by atoms with Crippen molar-refractivity contribution in [3.8, 4) is 0 Å². The van der Waals surface area contributed by atoms with Crippen molar-refractivity contribution >= 4 is 27.9 Å². The number of rotatable bonds is 4. The molecule has 0 saturated carbocycles. The van der Waals surface area contributed by atoms with E-state index >= 15 is 0 Å². The Kier molecular flexibility index (Phi) is 5.20. The molecule has 0 unspecified atom stereocenters. The number of urea groups is 1. The van der Waals surface area contributed by atoms with E-state index in [9.17, 15) is 22.8 Å². The van der Waals surface area contributed by atoms with Crippen molar-refractivity contribution in [3.05, 3.63) is 29.8 Å². The number of imide groups is 1. The summed E-state index contributed by atoms with van der Waals surface area (Å²) in [5, 5.41) is 2.53. The quantitative estimate of drug-likeness (QED) is 0.714. The fourth-order valence-corrected chi connectivity index (χ4v) is 4.66. The largest absolute Gasteiger partial charge is 0.338 e. The van der Waals surface area contributed by atoms with Gasteiger partial charge in [-0.05, 0) is 32.9 Å². The van der Waals surface area contributed by atoms with Crippen LogP contribution in [0.15, 0.2) is 29.2 Å². The molecule has 9 nitrogen and oxygen atoms in total. The van der Waals surface area contributed by atoms with Gasteiger partial charge in [0.2, 0.25) is 15.9 Å². The molecule has 1 aromatic carbocycles. The maximum absolute atomic E-state index is 12.7. The minimum absolute atomic E-state index is 0.160. The Balaban J connectivity index is 1.61. The van der Waals surface area contributed by atoms with E-state index in [1.165, 1.54) is 9.21 Å². The Hall–Kier alpha value is -2.46. The van der Waals surface area contributed by atoms with E-state index in [0.29, 0.717) is 0 Å². The average Bonchev–Trinajstić information content (AvgIpc) is 2.83. The van der Waals surface area contributed by atoms with Crippen LogP contribution in [-0.2, 0) is 19.6 Å². The highest BCUT2D eigenvalue weighted by atomic mass is 32.2. The van der Waals surface area contributed by atoms with Gasteiger partial charge in [0.15, 0.2) is 0 Å². The maximum Gasteiger partial charge on any atom is 0.325 e. The third-order valence-corrected chi connectivity index (χ3v) is 6.90. The number of carbonyl (C=O) groups excluding carboxylic acids is 3. The number of nitrogens with zero attached hydrogens (tertiary/aromatic N) is 3. The van der Waals surface area contributed by atoms with E-state index in [2.05, 4.69) is 5.32 Å². The summed E-state index contributed by atoms with van der Waals surface area (Å²) in [6, 6.07) is 6.03. The Morgan fingerprint density at radius 2 is 1.64 bits per heavy atom. The van der Waals surface area contributed by atoms with Gasteiger partial charge in [0.1, 0.15) is 12.1 Å². The molecule has 10 heteroatoms. The lowest BCUT2D eigenvalue weighted by molar-refractivity contribution is -0.139. The maximum atomic E-state index is 12.7. The SMILES string of the molecule is Cc1ccc(S(=O)(=O)N2CCN(C(=O)CN3C(=O)NC(C)(C)C3=O)CC2)cc1. The molecule has 3 rings (SSSR count). The van der Waals surface area contributed by atoms with E-state index in [0.717, 1.165) is 10.5 Å². The Labute approximate surface area is 164 Å². The smallest absolute Gasteiger partial charge is 0.325 e. The topological polar surface area (TPSA) is 107 Å². The molecule has 2 fully saturated rings. The third-order valence-electron chi connectivity index (χ3n) is 4.99. The van der Waals surface area contributed by atoms with E-state index in [-0.39, 0.29) is 43.5 Å². The zero-order valence-corrected chi connectivity index (χ0v) is 17.0. The number of nitrogens with one attached hydrogen (secondary N) is 1. The molecule has 1 N–H and O–H groups in total. The molecule has 0 spiro atoms. The van der Waals surface area contributed by atoms with Gasteiger partial charge in [-0.1, -0.05) is 17.7 Å². The summed E-state index contributed by atoms with van der Waals surface area (Å²) >= 11 is 0. The van der Waals surface area contributed by atoms with Gasteiger partial charge in [0, 0.05) is 26.2 Å². The number of hydrogen-bond acceptors (Lipinski definition) is 5. The van der Waals surface area contributed by atoms with E-state index in [1.54, 1.807) is 38.1 Å². The lowest BCUT2D eigenvalue weighted by Gasteiger charge is -2.34. The Morgan fingerprint density at radius 3 is 2.14 bits per heavy atom. The van der Waals surface area contributed by atoms with Crippen molar-refractivity contribution in [2.75, 3.05) is 32.7 Å². The normalized spacial score (nSPS) is 20.4. The van der Waals surface area contributed by atoms with Gasteiger partial charge in [-0.15, -0.1) is 0 Å². The first-order chi connectivity index (χ1) is 13.0. The van der Waals surface area contributed by atoms with Crippen LogP contribution in [0.4, 0.5) is 4.79 Å². The second-order valence-electron chi connectivity index (χ2n) is 7.54. The first kappa shape index (κ1) is 20.3. The van der Waals surface area contributed by atoms with Gasteiger partial charge in [-0.2, -0.15) is 4.31 Å². The predicted molar refractivity (Wildman–Crippen MR) is 101 cm³/mol. The first-order valence-corrected chi connectivity index (χ1v) is 10.4. The number of amides is 4. The molecular formula is C18H24N4O5S. The molecule has 2 saturated heterocycles. The van der Waals surface area contributed by atoms with Crippen molar-refractivity contribution < 1.29 is 22.8 Å². The second-order valence-corrected chi connectivity index (χ2v) is 9.48. The van der Waals surface area contributed by atoms with Crippen LogP contribution in [0.1, 0.15) is 19.4 Å². The van der Waals surface area contributed by atoms with Crippen molar-refractivity contribution in [2.45, 2.75) is 31.2 Å². The number of sulfonamides is 1. The van der Waals surface area contributed by atoms with Crippen molar-refractivity contribution in [3.63, 3.8) is 0 Å². The van der Waals surface area contributed by atoms with Gasteiger partial charge in [-0.3, -0.25) is 14.5 Å². The molecule has 4 amide bonds. The molecule has 152 valence electrons. The number of piperazine rings is 1. The minimum atomic E-state index is -3.62. The van der Waals surface area contributed by atoms with Gasteiger partial charge >= 0.3 is 6.03 Å². The van der Waals surface area contributed by atoms with Gasteiger partial charge in [-0.25, -0.2) is 13.2 Å². The lowest BCUT2D eigenvalue weighted by atomic mass is 10.1. The van der Waals surface area contributed by atoms with Crippen LogP contribution < -0.4 is 5.32 Å². The minimum Gasteiger partial charge on any atom is -0.338 e. The molecule has 28 heavy (non-hydrogen) atoms. The molecule has 2 heterocycles. The molecule has 2 aliphatic heterocycles. The average molecular weight is 408 g/mol. The summed E-state index contributed by atoms with van der Waals surface area (Å²) < 4.78 is 26.8. The summed E-state index contributed by atoms with van der Waals surface area (Å²) in [6.07, 6.45) is 0. The number of carbonyl (C=O) groups is 3. The van der Waals surface area contributed by atoms with Crippen LogP contribution in [0.5, 0.6) is 0 Å². The van der Waals surface area contributed by atoms with Crippen LogP contribution in [0.25, 0.3) is 0 Å². The van der Waals surface area contributed by atoms with Crippen molar-refractivity contribution in [2.24, 2.45) is 0 Å². The zero-order chi connectivity index (χ0) is 20.7. The van der Waals surface area contributed by atoms with Gasteiger partial charge < -0.3 is 10.2 Å². The van der Waals surface area contributed by atoms with E-state index in [4.69, 9.17) is 0 Å². The Bertz CT molecular complexity index is 902. The third kappa shape index (κ3) is 3.74. The molecule has 1 aromatic rings. The van der Waals surface area contributed by atoms with Crippen LogP contribution >= 0.6 is 0 Å². The highest BCUT2D eigenvalue weighted by Gasteiger charge is 2.45. The summed E-state index contributed by atoms with van der Waals surface area (Å²) in [6.45, 7) is 5.42. The molecule has 0 radical (unpaired) electrons. The van der Waals surface area contributed by atoms with E-state index in [1.807, 2.05) is 6.92 Å². The summed E-state index contributed by atoms with van der Waals surface area (Å²) in [4.78, 5) is 39.2. The molecular weight excluding hydrogens is 384 g/mol. The number of hydrogen-bond donors (Lipinski definition) is 1. The van der Waals surface area contributed by atoms with Crippen LogP contribution in [0.3, 0.4) is 0 Å². The van der Waals surface area contributed by atoms with Crippen LogP contribution in [0, 0.1) is 6.92 Å². The molecule has 0 bridgehead atoms. The van der Waals surface area contributed by atoms with Gasteiger partial charge in [0.25, 0.3) is 5.91 Å². The highest BCUT2D eigenvalue weighted by molar-refractivity contribution is 7.89. The second kappa shape index (κ2) is 7.17.